The third kappa shape index (κ3) is 4.87. The first kappa shape index (κ1) is 18.1. The standard InChI is InChI=1S/C16H21N5O4/c1-10(13-6-12(24-2)4-5-14(13)25-3)19-16(23)20-11-7-18-21(8-11)9-15(17)22/h4-8,10H,9H2,1-3H3,(H2,17,22)(H2,19,20,23). The first-order chi connectivity index (χ1) is 11.9. The SMILES string of the molecule is COc1ccc(OC)c(C(C)NC(=O)Nc2cnn(CC(N)=O)c2)c1. The molecule has 9 nitrogen and oxygen atoms in total. The van der Waals surface area contributed by atoms with Gasteiger partial charge in [-0.15, -0.1) is 0 Å². The molecule has 1 aromatic heterocycles. The molecule has 0 bridgehead atoms. The number of hydrogen-bond acceptors (Lipinski definition) is 5. The van der Waals surface area contributed by atoms with E-state index < -0.39 is 11.9 Å². The molecule has 0 aliphatic rings. The van der Waals surface area contributed by atoms with Crippen molar-refractivity contribution in [2.24, 2.45) is 5.73 Å². The van der Waals surface area contributed by atoms with Crippen LogP contribution in [0, 0.1) is 0 Å². The molecule has 0 aliphatic carbocycles. The zero-order valence-corrected chi connectivity index (χ0v) is 14.3. The van der Waals surface area contributed by atoms with Gasteiger partial charge in [0.05, 0.1) is 32.1 Å². The van der Waals surface area contributed by atoms with Crippen molar-refractivity contribution in [3.8, 4) is 11.5 Å². The van der Waals surface area contributed by atoms with E-state index in [0.717, 1.165) is 5.56 Å². The second-order valence-electron chi connectivity index (χ2n) is 5.32. The van der Waals surface area contributed by atoms with Gasteiger partial charge in [0, 0.05) is 11.8 Å². The second-order valence-corrected chi connectivity index (χ2v) is 5.32. The number of amides is 3. The molecule has 0 spiro atoms. The highest BCUT2D eigenvalue weighted by Crippen LogP contribution is 2.29. The number of primary amides is 1. The lowest BCUT2D eigenvalue weighted by Gasteiger charge is -2.18. The van der Waals surface area contributed by atoms with Crippen molar-refractivity contribution in [3.05, 3.63) is 36.2 Å². The predicted molar refractivity (Wildman–Crippen MR) is 91.5 cm³/mol. The number of methoxy groups -OCH3 is 2. The molecule has 1 atom stereocenters. The molecule has 2 rings (SSSR count). The molecule has 0 saturated carbocycles. The average Bonchev–Trinajstić information content (AvgIpc) is 2.99. The van der Waals surface area contributed by atoms with Crippen LogP contribution < -0.4 is 25.8 Å². The summed E-state index contributed by atoms with van der Waals surface area (Å²) in [4.78, 5) is 23.0. The molecule has 4 N–H and O–H groups in total. The minimum atomic E-state index is -0.516. The minimum Gasteiger partial charge on any atom is -0.497 e. The number of ether oxygens (including phenoxy) is 2. The molecule has 0 saturated heterocycles. The fourth-order valence-electron chi connectivity index (χ4n) is 2.29. The maximum Gasteiger partial charge on any atom is 0.319 e. The Kier molecular flexibility index (Phi) is 5.83. The lowest BCUT2D eigenvalue weighted by atomic mass is 10.1. The number of aromatic nitrogens is 2. The molecule has 2 aromatic rings. The molecule has 1 heterocycles. The van der Waals surface area contributed by atoms with E-state index >= 15 is 0 Å². The van der Waals surface area contributed by atoms with Crippen LogP contribution in [0.25, 0.3) is 0 Å². The van der Waals surface area contributed by atoms with E-state index in [1.54, 1.807) is 32.4 Å². The van der Waals surface area contributed by atoms with Gasteiger partial charge in [0.2, 0.25) is 5.91 Å². The van der Waals surface area contributed by atoms with E-state index in [4.69, 9.17) is 15.2 Å². The highest BCUT2D eigenvalue weighted by atomic mass is 16.5. The largest absolute Gasteiger partial charge is 0.497 e. The summed E-state index contributed by atoms with van der Waals surface area (Å²) < 4.78 is 11.9. The number of hydrogen-bond donors (Lipinski definition) is 3. The summed E-state index contributed by atoms with van der Waals surface area (Å²) in [6, 6.07) is 4.61. The zero-order valence-electron chi connectivity index (χ0n) is 14.3. The molecule has 0 fully saturated rings. The van der Waals surface area contributed by atoms with E-state index in [0.29, 0.717) is 17.2 Å². The Morgan fingerprint density at radius 1 is 1.32 bits per heavy atom. The summed E-state index contributed by atoms with van der Waals surface area (Å²) in [5.74, 6) is 0.790. The molecule has 1 aromatic carbocycles. The lowest BCUT2D eigenvalue weighted by molar-refractivity contribution is -0.118. The zero-order chi connectivity index (χ0) is 18.4. The third-order valence-corrected chi connectivity index (χ3v) is 3.46. The molecule has 0 radical (unpaired) electrons. The van der Waals surface area contributed by atoms with Crippen molar-refractivity contribution in [3.63, 3.8) is 0 Å². The minimum absolute atomic E-state index is 0.0549. The van der Waals surface area contributed by atoms with Gasteiger partial charge in [0.15, 0.2) is 0 Å². The monoisotopic (exact) mass is 347 g/mol. The molecule has 3 amide bonds. The van der Waals surface area contributed by atoms with E-state index in [2.05, 4.69) is 15.7 Å². The molecule has 1 unspecified atom stereocenters. The van der Waals surface area contributed by atoms with E-state index in [9.17, 15) is 9.59 Å². The van der Waals surface area contributed by atoms with Gasteiger partial charge in [-0.3, -0.25) is 9.48 Å². The summed E-state index contributed by atoms with van der Waals surface area (Å²) in [6.07, 6.45) is 2.94. The first-order valence-electron chi connectivity index (χ1n) is 7.53. The number of carbonyl (C=O) groups is 2. The van der Waals surface area contributed by atoms with Crippen molar-refractivity contribution >= 4 is 17.6 Å². The number of rotatable bonds is 7. The van der Waals surface area contributed by atoms with Crippen LogP contribution in [0.2, 0.25) is 0 Å². The summed E-state index contributed by atoms with van der Waals surface area (Å²) in [7, 11) is 3.13. The first-order valence-corrected chi connectivity index (χ1v) is 7.53. The van der Waals surface area contributed by atoms with Gasteiger partial charge >= 0.3 is 6.03 Å². The number of nitrogens with two attached hydrogens (primary N) is 1. The lowest BCUT2D eigenvalue weighted by Crippen LogP contribution is -2.31. The highest BCUT2D eigenvalue weighted by molar-refractivity contribution is 5.89. The van der Waals surface area contributed by atoms with Crippen LogP contribution in [0.5, 0.6) is 11.5 Å². The topological polar surface area (TPSA) is 120 Å². The van der Waals surface area contributed by atoms with Gasteiger partial charge in [-0.25, -0.2) is 4.79 Å². The number of nitrogens with zero attached hydrogens (tertiary/aromatic N) is 2. The van der Waals surface area contributed by atoms with Crippen molar-refractivity contribution < 1.29 is 19.1 Å². The van der Waals surface area contributed by atoms with Crippen molar-refractivity contribution in [1.29, 1.82) is 0 Å². The molecule has 9 heteroatoms. The van der Waals surface area contributed by atoms with Gasteiger partial charge in [0.25, 0.3) is 0 Å². The average molecular weight is 347 g/mol. The maximum atomic E-state index is 12.2. The fourth-order valence-corrected chi connectivity index (χ4v) is 2.29. The van der Waals surface area contributed by atoms with Crippen LogP contribution in [0.4, 0.5) is 10.5 Å². The molecule has 134 valence electrons. The van der Waals surface area contributed by atoms with Gasteiger partial charge in [0.1, 0.15) is 18.0 Å². The van der Waals surface area contributed by atoms with Crippen molar-refractivity contribution in [2.45, 2.75) is 19.5 Å². The van der Waals surface area contributed by atoms with Crippen molar-refractivity contribution in [1.82, 2.24) is 15.1 Å². The molecule has 0 aliphatic heterocycles. The Hall–Kier alpha value is -3.23. The quantitative estimate of drug-likeness (QED) is 0.696. The van der Waals surface area contributed by atoms with Crippen LogP contribution >= 0.6 is 0 Å². The summed E-state index contributed by atoms with van der Waals surface area (Å²) in [5, 5.41) is 9.38. The highest BCUT2D eigenvalue weighted by Gasteiger charge is 2.15. The predicted octanol–water partition coefficient (Wildman–Crippen LogP) is 1.27. The van der Waals surface area contributed by atoms with Gasteiger partial charge in [-0.2, -0.15) is 5.10 Å². The van der Waals surface area contributed by atoms with Crippen LogP contribution in [0.1, 0.15) is 18.5 Å². The number of anilines is 1. The summed E-state index contributed by atoms with van der Waals surface area (Å²) >= 11 is 0. The van der Waals surface area contributed by atoms with Crippen LogP contribution in [0.15, 0.2) is 30.6 Å². The van der Waals surface area contributed by atoms with Gasteiger partial charge in [-0.1, -0.05) is 0 Å². The Morgan fingerprint density at radius 3 is 2.72 bits per heavy atom. The van der Waals surface area contributed by atoms with Crippen molar-refractivity contribution in [2.75, 3.05) is 19.5 Å². The van der Waals surface area contributed by atoms with Gasteiger partial charge in [-0.05, 0) is 25.1 Å². The smallest absolute Gasteiger partial charge is 0.319 e. The van der Waals surface area contributed by atoms with E-state index in [1.807, 2.05) is 6.92 Å². The normalized spacial score (nSPS) is 11.5. The number of benzene rings is 1. The Bertz CT molecular complexity index is 759. The summed E-state index contributed by atoms with van der Waals surface area (Å²) in [6.45, 7) is 1.77. The van der Waals surface area contributed by atoms with Crippen LogP contribution in [-0.4, -0.2) is 35.9 Å². The Balaban J connectivity index is 2.02. The van der Waals surface area contributed by atoms with Crippen LogP contribution in [-0.2, 0) is 11.3 Å². The molecule has 25 heavy (non-hydrogen) atoms. The Morgan fingerprint density at radius 2 is 2.08 bits per heavy atom. The third-order valence-electron chi connectivity index (χ3n) is 3.46. The fraction of sp³-hybridized carbons (Fsp3) is 0.312. The number of nitrogens with one attached hydrogen (secondary N) is 2. The molecular weight excluding hydrogens is 326 g/mol. The summed E-state index contributed by atoms with van der Waals surface area (Å²) in [5.41, 5.74) is 6.32. The second kappa shape index (κ2) is 8.04. The van der Waals surface area contributed by atoms with Crippen LogP contribution in [0.3, 0.4) is 0 Å². The number of carbonyl (C=O) groups excluding carboxylic acids is 2. The number of urea groups is 1. The van der Waals surface area contributed by atoms with E-state index in [1.165, 1.54) is 17.1 Å². The molecular formula is C16H21N5O4. The van der Waals surface area contributed by atoms with E-state index in [-0.39, 0.29) is 12.6 Å². The Labute approximate surface area is 145 Å². The van der Waals surface area contributed by atoms with Gasteiger partial charge < -0.3 is 25.8 Å². The maximum absolute atomic E-state index is 12.2.